The van der Waals surface area contributed by atoms with Crippen molar-refractivity contribution >= 4 is 49.1 Å². The Morgan fingerprint density at radius 2 is 2.00 bits per heavy atom. The molecular weight excluding hydrogens is 356 g/mol. The summed E-state index contributed by atoms with van der Waals surface area (Å²) in [5, 5.41) is 0.275. The van der Waals surface area contributed by atoms with Crippen LogP contribution in [0.4, 0.5) is 11.5 Å². The zero-order valence-electron chi connectivity index (χ0n) is 9.34. The fourth-order valence-electron chi connectivity index (χ4n) is 1.30. The minimum absolute atomic E-state index is 0.0857. The van der Waals surface area contributed by atoms with E-state index in [9.17, 15) is 8.42 Å². The van der Waals surface area contributed by atoms with Crippen molar-refractivity contribution < 1.29 is 8.42 Å². The molecule has 0 spiro atoms. The van der Waals surface area contributed by atoms with Crippen LogP contribution >= 0.6 is 27.5 Å². The van der Waals surface area contributed by atoms with Gasteiger partial charge < -0.3 is 5.73 Å². The van der Waals surface area contributed by atoms with E-state index >= 15 is 0 Å². The third-order valence-corrected chi connectivity index (χ3v) is 4.18. The van der Waals surface area contributed by atoms with Crippen molar-refractivity contribution in [3.8, 4) is 0 Å². The van der Waals surface area contributed by atoms with Crippen LogP contribution in [0.15, 0.2) is 40.1 Å². The minimum atomic E-state index is -3.86. The van der Waals surface area contributed by atoms with Gasteiger partial charge in [0.05, 0.1) is 18.1 Å². The number of hydrogen-bond acceptors (Lipinski definition) is 5. The SMILES string of the molecule is Nc1ccc(Cl)cc1S(=O)(=O)Nc1cnc(Br)cn1. The van der Waals surface area contributed by atoms with Gasteiger partial charge in [-0.15, -0.1) is 0 Å². The summed E-state index contributed by atoms with van der Waals surface area (Å²) in [4.78, 5) is 7.63. The molecule has 0 fully saturated rings. The number of nitrogens with zero attached hydrogens (tertiary/aromatic N) is 2. The minimum Gasteiger partial charge on any atom is -0.398 e. The highest BCUT2D eigenvalue weighted by molar-refractivity contribution is 9.10. The van der Waals surface area contributed by atoms with Crippen LogP contribution in [0.5, 0.6) is 0 Å². The molecule has 0 saturated carbocycles. The number of sulfonamides is 1. The Hall–Kier alpha value is -1.38. The summed E-state index contributed by atoms with van der Waals surface area (Å²) in [5.41, 5.74) is 5.73. The maximum absolute atomic E-state index is 12.1. The molecule has 0 amide bonds. The molecule has 6 nitrogen and oxygen atoms in total. The highest BCUT2D eigenvalue weighted by Crippen LogP contribution is 2.24. The van der Waals surface area contributed by atoms with E-state index in [2.05, 4.69) is 30.6 Å². The predicted octanol–water partition coefficient (Wildman–Crippen LogP) is 2.28. The van der Waals surface area contributed by atoms with E-state index in [4.69, 9.17) is 17.3 Å². The molecule has 0 radical (unpaired) electrons. The first-order valence-corrected chi connectivity index (χ1v) is 7.59. The van der Waals surface area contributed by atoms with Crippen LogP contribution in [0.1, 0.15) is 0 Å². The Labute approximate surface area is 123 Å². The molecule has 0 aliphatic heterocycles. The van der Waals surface area contributed by atoms with Crippen molar-refractivity contribution in [3.05, 3.63) is 40.2 Å². The molecule has 0 saturated heterocycles. The average molecular weight is 364 g/mol. The van der Waals surface area contributed by atoms with E-state index in [0.29, 0.717) is 4.60 Å². The van der Waals surface area contributed by atoms with Crippen LogP contribution in [-0.2, 0) is 10.0 Å². The molecular formula is C10H8BrClN4O2S. The molecule has 1 aromatic heterocycles. The molecule has 0 aliphatic carbocycles. The quantitative estimate of drug-likeness (QED) is 0.815. The van der Waals surface area contributed by atoms with E-state index in [1.54, 1.807) is 0 Å². The number of halogens is 2. The molecule has 1 heterocycles. The largest absolute Gasteiger partial charge is 0.398 e. The fourth-order valence-corrected chi connectivity index (χ4v) is 2.89. The lowest BCUT2D eigenvalue weighted by molar-refractivity contribution is 0.601. The fraction of sp³-hybridized carbons (Fsp3) is 0. The third-order valence-electron chi connectivity index (χ3n) is 2.12. The first-order chi connectivity index (χ1) is 8.88. The number of nitrogens with one attached hydrogen (secondary N) is 1. The lowest BCUT2D eigenvalue weighted by Crippen LogP contribution is -2.15. The molecule has 2 rings (SSSR count). The van der Waals surface area contributed by atoms with Gasteiger partial charge in [0, 0.05) is 5.02 Å². The molecule has 19 heavy (non-hydrogen) atoms. The Bertz CT molecular complexity index is 706. The first kappa shape index (κ1) is 14.0. The van der Waals surface area contributed by atoms with Gasteiger partial charge in [-0.3, -0.25) is 4.72 Å². The molecule has 0 atom stereocenters. The average Bonchev–Trinajstić information content (AvgIpc) is 2.35. The van der Waals surface area contributed by atoms with Gasteiger partial charge in [-0.05, 0) is 34.1 Å². The number of benzene rings is 1. The van der Waals surface area contributed by atoms with Crippen molar-refractivity contribution in [2.45, 2.75) is 4.90 Å². The molecule has 2 aromatic rings. The second-order valence-electron chi connectivity index (χ2n) is 3.51. The lowest BCUT2D eigenvalue weighted by atomic mass is 10.3. The Morgan fingerprint density at radius 3 is 2.63 bits per heavy atom. The van der Waals surface area contributed by atoms with Crippen LogP contribution in [0.25, 0.3) is 0 Å². The number of hydrogen-bond donors (Lipinski definition) is 2. The molecule has 0 aliphatic rings. The number of anilines is 2. The normalized spacial score (nSPS) is 11.3. The smallest absolute Gasteiger partial charge is 0.265 e. The molecule has 0 bridgehead atoms. The number of nitrogen functional groups attached to an aromatic ring is 1. The molecule has 1 aromatic carbocycles. The molecule has 9 heteroatoms. The summed E-state index contributed by atoms with van der Waals surface area (Å²) in [7, 11) is -3.86. The van der Waals surface area contributed by atoms with Crippen LogP contribution < -0.4 is 10.5 Å². The van der Waals surface area contributed by atoms with Crippen LogP contribution in [-0.4, -0.2) is 18.4 Å². The highest BCUT2D eigenvalue weighted by atomic mass is 79.9. The zero-order valence-corrected chi connectivity index (χ0v) is 12.5. The highest BCUT2D eigenvalue weighted by Gasteiger charge is 2.18. The van der Waals surface area contributed by atoms with Crippen molar-refractivity contribution in [1.82, 2.24) is 9.97 Å². The van der Waals surface area contributed by atoms with E-state index in [0.717, 1.165) is 0 Å². The number of aromatic nitrogens is 2. The summed E-state index contributed by atoms with van der Waals surface area (Å²) >= 11 is 8.87. The first-order valence-electron chi connectivity index (χ1n) is 4.94. The Morgan fingerprint density at radius 1 is 1.26 bits per heavy atom. The lowest BCUT2D eigenvalue weighted by Gasteiger charge is -2.09. The van der Waals surface area contributed by atoms with Gasteiger partial charge in [-0.1, -0.05) is 11.6 Å². The van der Waals surface area contributed by atoms with E-state index in [-0.39, 0.29) is 21.4 Å². The van der Waals surface area contributed by atoms with Crippen LogP contribution in [0.3, 0.4) is 0 Å². The van der Waals surface area contributed by atoms with Gasteiger partial charge in [0.2, 0.25) is 0 Å². The number of rotatable bonds is 3. The van der Waals surface area contributed by atoms with Crippen LogP contribution in [0.2, 0.25) is 5.02 Å². The monoisotopic (exact) mass is 362 g/mol. The van der Waals surface area contributed by atoms with E-state index in [1.807, 2.05) is 0 Å². The van der Waals surface area contributed by atoms with Crippen molar-refractivity contribution in [2.75, 3.05) is 10.5 Å². The van der Waals surface area contributed by atoms with Gasteiger partial charge in [-0.2, -0.15) is 0 Å². The third kappa shape index (κ3) is 3.34. The molecule has 3 N–H and O–H groups in total. The Balaban J connectivity index is 2.37. The zero-order chi connectivity index (χ0) is 14.0. The summed E-state index contributed by atoms with van der Waals surface area (Å²) in [5.74, 6) is 0.0857. The standard InChI is InChI=1S/C10H8BrClN4O2S/c11-9-4-15-10(5-14-9)16-19(17,18)8-3-6(12)1-2-7(8)13/h1-5H,13H2,(H,15,16). The summed E-state index contributed by atoms with van der Waals surface area (Å²) in [6.07, 6.45) is 2.65. The maximum atomic E-state index is 12.1. The number of nitrogens with two attached hydrogens (primary N) is 1. The second-order valence-corrected chi connectivity index (χ2v) is 6.41. The second kappa shape index (κ2) is 5.32. The summed E-state index contributed by atoms with van der Waals surface area (Å²) < 4.78 is 27.0. The van der Waals surface area contributed by atoms with E-state index in [1.165, 1.54) is 30.6 Å². The van der Waals surface area contributed by atoms with Crippen molar-refractivity contribution in [1.29, 1.82) is 0 Å². The Kier molecular flexibility index (Phi) is 3.93. The van der Waals surface area contributed by atoms with Crippen molar-refractivity contribution in [3.63, 3.8) is 0 Å². The topological polar surface area (TPSA) is 98.0 Å². The molecule has 0 unspecified atom stereocenters. The predicted molar refractivity (Wildman–Crippen MR) is 76.4 cm³/mol. The van der Waals surface area contributed by atoms with Gasteiger partial charge in [0.15, 0.2) is 5.82 Å². The molecule has 100 valence electrons. The van der Waals surface area contributed by atoms with Gasteiger partial charge in [-0.25, -0.2) is 18.4 Å². The summed E-state index contributed by atoms with van der Waals surface area (Å²) in [6, 6.07) is 4.20. The summed E-state index contributed by atoms with van der Waals surface area (Å²) in [6.45, 7) is 0. The van der Waals surface area contributed by atoms with Gasteiger partial charge in [0.25, 0.3) is 10.0 Å². The maximum Gasteiger partial charge on any atom is 0.265 e. The van der Waals surface area contributed by atoms with E-state index < -0.39 is 10.0 Å². The van der Waals surface area contributed by atoms with Crippen LogP contribution in [0, 0.1) is 0 Å². The van der Waals surface area contributed by atoms with Gasteiger partial charge >= 0.3 is 0 Å². The van der Waals surface area contributed by atoms with Gasteiger partial charge in [0.1, 0.15) is 9.50 Å². The van der Waals surface area contributed by atoms with Crippen molar-refractivity contribution in [2.24, 2.45) is 0 Å².